The predicted molar refractivity (Wildman–Crippen MR) is 85.2 cm³/mol. The third-order valence-corrected chi connectivity index (χ3v) is 3.65. The molecule has 0 spiro atoms. The van der Waals surface area contributed by atoms with E-state index >= 15 is 0 Å². The van der Waals surface area contributed by atoms with E-state index in [1.807, 2.05) is 18.2 Å². The van der Waals surface area contributed by atoms with Gasteiger partial charge in [-0.05, 0) is 44.2 Å². The lowest BCUT2D eigenvalue weighted by Gasteiger charge is -2.11. The fourth-order valence-corrected chi connectivity index (χ4v) is 2.40. The first-order valence-corrected chi connectivity index (χ1v) is 8.12. The van der Waals surface area contributed by atoms with Crippen LogP contribution < -0.4 is 0 Å². The molecule has 0 aliphatic rings. The van der Waals surface area contributed by atoms with Crippen molar-refractivity contribution >= 4 is 0 Å². The molecule has 0 aromatic heterocycles. The van der Waals surface area contributed by atoms with Crippen molar-refractivity contribution in [1.29, 1.82) is 0 Å². The molecule has 1 aromatic carbocycles. The van der Waals surface area contributed by atoms with Crippen molar-refractivity contribution in [1.82, 2.24) is 0 Å². The standard InChI is InChI=1S/C18H30O2/c1-3-15-20-16(2)11-7-5-4-6-8-12-17-13-9-10-14-18(17)19/h9-10,13-14,16,19H,3-8,11-12,15H2,1-2H3. The minimum absolute atomic E-state index is 0.413. The monoisotopic (exact) mass is 278 g/mol. The van der Waals surface area contributed by atoms with Crippen molar-refractivity contribution < 1.29 is 9.84 Å². The summed E-state index contributed by atoms with van der Waals surface area (Å²) in [5, 5.41) is 9.67. The molecular formula is C18H30O2. The minimum atomic E-state index is 0.413. The maximum Gasteiger partial charge on any atom is 0.118 e. The van der Waals surface area contributed by atoms with Gasteiger partial charge in [-0.3, -0.25) is 0 Å². The number of phenolic OH excluding ortho intramolecular Hbond substituents is 1. The highest BCUT2D eigenvalue weighted by Crippen LogP contribution is 2.19. The van der Waals surface area contributed by atoms with E-state index in [1.165, 1.54) is 38.5 Å². The van der Waals surface area contributed by atoms with Gasteiger partial charge in [0.1, 0.15) is 5.75 Å². The number of aryl methyl sites for hydroxylation is 1. The van der Waals surface area contributed by atoms with E-state index in [4.69, 9.17) is 4.74 Å². The van der Waals surface area contributed by atoms with E-state index in [0.29, 0.717) is 11.9 Å². The number of hydrogen-bond acceptors (Lipinski definition) is 2. The molecule has 0 bridgehead atoms. The Balaban J connectivity index is 1.96. The molecule has 1 aromatic rings. The van der Waals surface area contributed by atoms with Gasteiger partial charge in [0.15, 0.2) is 0 Å². The number of unbranched alkanes of at least 4 members (excludes halogenated alkanes) is 4. The fourth-order valence-electron chi connectivity index (χ4n) is 2.40. The summed E-state index contributed by atoms with van der Waals surface area (Å²) in [5.74, 6) is 0.439. The summed E-state index contributed by atoms with van der Waals surface area (Å²) in [7, 11) is 0. The third kappa shape index (κ3) is 7.54. The third-order valence-electron chi connectivity index (χ3n) is 3.65. The number of aromatic hydroxyl groups is 1. The van der Waals surface area contributed by atoms with E-state index in [2.05, 4.69) is 13.8 Å². The summed E-state index contributed by atoms with van der Waals surface area (Å²) < 4.78 is 5.66. The normalized spacial score (nSPS) is 12.5. The van der Waals surface area contributed by atoms with Crippen LogP contribution in [-0.2, 0) is 11.2 Å². The fraction of sp³-hybridized carbons (Fsp3) is 0.667. The topological polar surface area (TPSA) is 29.5 Å². The molecule has 0 saturated heterocycles. The maximum absolute atomic E-state index is 9.67. The number of para-hydroxylation sites is 1. The number of rotatable bonds is 11. The Labute approximate surface area is 124 Å². The molecule has 20 heavy (non-hydrogen) atoms. The molecule has 0 amide bonds. The van der Waals surface area contributed by atoms with Crippen molar-refractivity contribution in [3.05, 3.63) is 29.8 Å². The van der Waals surface area contributed by atoms with Crippen LogP contribution in [0.5, 0.6) is 5.75 Å². The predicted octanol–water partition coefficient (Wildman–Crippen LogP) is 5.09. The van der Waals surface area contributed by atoms with Gasteiger partial charge in [-0.1, -0.05) is 50.8 Å². The second-order valence-electron chi connectivity index (χ2n) is 5.62. The van der Waals surface area contributed by atoms with Gasteiger partial charge in [-0.15, -0.1) is 0 Å². The van der Waals surface area contributed by atoms with Crippen LogP contribution in [0.3, 0.4) is 0 Å². The van der Waals surface area contributed by atoms with Gasteiger partial charge in [0.05, 0.1) is 6.10 Å². The van der Waals surface area contributed by atoms with Crippen LogP contribution in [0.4, 0.5) is 0 Å². The average molecular weight is 278 g/mol. The molecular weight excluding hydrogens is 248 g/mol. The zero-order valence-corrected chi connectivity index (χ0v) is 13.1. The van der Waals surface area contributed by atoms with Gasteiger partial charge in [0.2, 0.25) is 0 Å². The number of hydrogen-bond donors (Lipinski definition) is 1. The SMILES string of the molecule is CCCOC(C)CCCCCCCc1ccccc1O. The van der Waals surface area contributed by atoms with Gasteiger partial charge in [-0.25, -0.2) is 0 Å². The van der Waals surface area contributed by atoms with Crippen molar-refractivity contribution in [2.75, 3.05) is 6.61 Å². The largest absolute Gasteiger partial charge is 0.508 e. The van der Waals surface area contributed by atoms with Crippen LogP contribution >= 0.6 is 0 Å². The lowest BCUT2D eigenvalue weighted by atomic mass is 10.0. The molecule has 0 aliphatic heterocycles. The Morgan fingerprint density at radius 1 is 1.05 bits per heavy atom. The first kappa shape index (κ1) is 17.0. The number of phenols is 1. The first-order chi connectivity index (χ1) is 9.74. The Bertz CT molecular complexity index is 349. The molecule has 0 saturated carbocycles. The molecule has 0 heterocycles. The van der Waals surface area contributed by atoms with E-state index in [1.54, 1.807) is 6.07 Å². The van der Waals surface area contributed by atoms with Crippen LogP contribution in [0.2, 0.25) is 0 Å². The van der Waals surface area contributed by atoms with Gasteiger partial charge in [0.25, 0.3) is 0 Å². The van der Waals surface area contributed by atoms with Crippen molar-refractivity contribution in [2.45, 2.75) is 71.3 Å². The highest BCUT2D eigenvalue weighted by molar-refractivity contribution is 5.31. The van der Waals surface area contributed by atoms with E-state index in [9.17, 15) is 5.11 Å². The van der Waals surface area contributed by atoms with Crippen molar-refractivity contribution in [2.24, 2.45) is 0 Å². The Hall–Kier alpha value is -1.02. The number of benzene rings is 1. The molecule has 1 atom stereocenters. The maximum atomic E-state index is 9.67. The lowest BCUT2D eigenvalue weighted by molar-refractivity contribution is 0.0589. The molecule has 1 rings (SSSR count). The van der Waals surface area contributed by atoms with Crippen LogP contribution in [0.1, 0.15) is 64.4 Å². The molecule has 2 nitrogen and oxygen atoms in total. The van der Waals surface area contributed by atoms with Crippen molar-refractivity contribution in [3.8, 4) is 5.75 Å². The molecule has 0 radical (unpaired) electrons. The second-order valence-corrected chi connectivity index (χ2v) is 5.62. The lowest BCUT2D eigenvalue weighted by Crippen LogP contribution is -2.08. The summed E-state index contributed by atoms with van der Waals surface area (Å²) >= 11 is 0. The van der Waals surface area contributed by atoms with Gasteiger partial charge >= 0.3 is 0 Å². The van der Waals surface area contributed by atoms with Gasteiger partial charge < -0.3 is 9.84 Å². The highest BCUT2D eigenvalue weighted by atomic mass is 16.5. The summed E-state index contributed by atoms with van der Waals surface area (Å²) in [6, 6.07) is 7.66. The minimum Gasteiger partial charge on any atom is -0.508 e. The smallest absolute Gasteiger partial charge is 0.118 e. The van der Waals surface area contributed by atoms with E-state index < -0.39 is 0 Å². The summed E-state index contributed by atoms with van der Waals surface area (Å²) in [4.78, 5) is 0. The van der Waals surface area contributed by atoms with E-state index in [-0.39, 0.29) is 0 Å². The van der Waals surface area contributed by atoms with Crippen LogP contribution in [0, 0.1) is 0 Å². The Morgan fingerprint density at radius 3 is 2.50 bits per heavy atom. The summed E-state index contributed by atoms with van der Waals surface area (Å²) in [5.41, 5.74) is 1.08. The van der Waals surface area contributed by atoms with Gasteiger partial charge in [0, 0.05) is 6.61 Å². The first-order valence-electron chi connectivity index (χ1n) is 8.12. The highest BCUT2D eigenvalue weighted by Gasteiger charge is 2.02. The van der Waals surface area contributed by atoms with Crippen molar-refractivity contribution in [3.63, 3.8) is 0 Å². The quantitative estimate of drug-likeness (QED) is 0.571. The molecule has 114 valence electrons. The Morgan fingerprint density at radius 2 is 1.75 bits per heavy atom. The molecule has 2 heteroatoms. The zero-order chi connectivity index (χ0) is 14.6. The Kier molecular flexibility index (Phi) is 9.14. The summed E-state index contributed by atoms with van der Waals surface area (Å²) in [6.07, 6.45) is 9.95. The second kappa shape index (κ2) is 10.7. The van der Waals surface area contributed by atoms with Crippen LogP contribution in [0.25, 0.3) is 0 Å². The summed E-state index contributed by atoms with van der Waals surface area (Å²) in [6.45, 7) is 5.22. The molecule has 0 aliphatic carbocycles. The molecule has 1 N–H and O–H groups in total. The van der Waals surface area contributed by atoms with Gasteiger partial charge in [-0.2, -0.15) is 0 Å². The van der Waals surface area contributed by atoms with Crippen LogP contribution in [-0.4, -0.2) is 17.8 Å². The molecule has 0 fully saturated rings. The molecule has 1 unspecified atom stereocenters. The zero-order valence-electron chi connectivity index (χ0n) is 13.1. The average Bonchev–Trinajstić information content (AvgIpc) is 2.46. The number of ether oxygens (including phenoxy) is 1. The van der Waals surface area contributed by atoms with Crippen LogP contribution in [0.15, 0.2) is 24.3 Å². The van der Waals surface area contributed by atoms with E-state index in [0.717, 1.165) is 25.0 Å².